The molecule has 0 fully saturated rings. The number of sulfonamides is 1. The first-order valence-electron chi connectivity index (χ1n) is 6.04. The summed E-state index contributed by atoms with van der Waals surface area (Å²) in [7, 11) is -3.90. The van der Waals surface area contributed by atoms with Gasteiger partial charge in [0.05, 0.1) is 18.2 Å². The lowest BCUT2D eigenvalue weighted by Crippen LogP contribution is -2.30. The molecular weight excluding hydrogens is 316 g/mol. The number of esters is 1. The van der Waals surface area contributed by atoms with Crippen LogP contribution in [0.15, 0.2) is 23.1 Å². The zero-order chi connectivity index (χ0) is 15.9. The maximum Gasteiger partial charge on any atom is 0.321 e. The third-order valence-corrected chi connectivity index (χ3v) is 4.15. The van der Waals surface area contributed by atoms with Crippen molar-refractivity contribution in [3.63, 3.8) is 0 Å². The number of carbonyl (C=O) groups excluding carboxylic acids is 1. The summed E-state index contributed by atoms with van der Waals surface area (Å²) >= 11 is 5.93. The van der Waals surface area contributed by atoms with Crippen molar-refractivity contribution in [1.82, 2.24) is 4.72 Å². The molecule has 0 atom stereocenters. The summed E-state index contributed by atoms with van der Waals surface area (Å²) in [6, 6.07) is 4.24. The van der Waals surface area contributed by atoms with E-state index in [9.17, 15) is 13.2 Å². The van der Waals surface area contributed by atoms with E-state index >= 15 is 0 Å². The van der Waals surface area contributed by atoms with E-state index in [1.807, 2.05) is 0 Å². The Morgan fingerprint density at radius 1 is 1.48 bits per heavy atom. The Labute approximate surface area is 128 Å². The number of benzene rings is 1. The fourth-order valence-electron chi connectivity index (χ4n) is 1.39. The average molecular weight is 331 g/mol. The van der Waals surface area contributed by atoms with Gasteiger partial charge in [-0.2, -0.15) is 4.72 Å². The summed E-state index contributed by atoms with van der Waals surface area (Å²) in [4.78, 5) is 11.0. The molecule has 0 aliphatic rings. The molecule has 0 aliphatic carbocycles. The molecule has 0 amide bonds. The maximum absolute atomic E-state index is 12.0. The minimum atomic E-state index is -3.90. The van der Waals surface area contributed by atoms with E-state index in [0.717, 1.165) is 0 Å². The van der Waals surface area contributed by atoms with Crippen molar-refractivity contribution in [1.29, 1.82) is 0 Å². The third-order valence-electron chi connectivity index (χ3n) is 2.27. The van der Waals surface area contributed by atoms with Crippen LogP contribution in [0.3, 0.4) is 0 Å². The van der Waals surface area contributed by atoms with Crippen LogP contribution in [-0.2, 0) is 19.6 Å². The number of rotatable bonds is 5. The van der Waals surface area contributed by atoms with Crippen molar-refractivity contribution in [2.45, 2.75) is 11.8 Å². The molecule has 21 heavy (non-hydrogen) atoms. The molecule has 1 aromatic carbocycles. The zero-order valence-corrected chi connectivity index (χ0v) is 12.9. The van der Waals surface area contributed by atoms with Gasteiger partial charge in [-0.25, -0.2) is 8.42 Å². The van der Waals surface area contributed by atoms with Crippen molar-refractivity contribution in [3.05, 3.63) is 28.8 Å². The van der Waals surface area contributed by atoms with Gasteiger partial charge in [0, 0.05) is 5.56 Å². The monoisotopic (exact) mass is 330 g/mol. The standard InChI is InChI=1S/C13H15ClN2O4S/c1-2-20-13(17)9-16-21(18,19)12-6-5-10(4-3-7-15)8-11(12)14/h5-6,8,16H,2,7,9,15H2,1H3. The lowest BCUT2D eigenvalue weighted by atomic mass is 10.2. The quantitative estimate of drug-likeness (QED) is 0.605. The summed E-state index contributed by atoms with van der Waals surface area (Å²) in [6.07, 6.45) is 0. The number of halogens is 1. The van der Waals surface area contributed by atoms with Gasteiger partial charge in [-0.05, 0) is 25.1 Å². The second-order valence-corrected chi connectivity index (χ2v) is 5.92. The number of hydrogen-bond donors (Lipinski definition) is 2. The highest BCUT2D eigenvalue weighted by molar-refractivity contribution is 7.89. The first kappa shape index (κ1) is 17.5. The summed E-state index contributed by atoms with van der Waals surface area (Å²) in [6.45, 7) is 1.54. The number of carbonyl (C=O) groups is 1. The van der Waals surface area contributed by atoms with Crippen molar-refractivity contribution in [2.24, 2.45) is 5.73 Å². The van der Waals surface area contributed by atoms with Crippen molar-refractivity contribution in [2.75, 3.05) is 19.7 Å². The van der Waals surface area contributed by atoms with Crippen LogP contribution in [0.5, 0.6) is 0 Å². The van der Waals surface area contributed by atoms with Gasteiger partial charge in [0.1, 0.15) is 11.4 Å². The number of nitrogens with one attached hydrogen (secondary N) is 1. The molecule has 0 unspecified atom stereocenters. The molecule has 0 spiro atoms. The third kappa shape index (κ3) is 5.36. The summed E-state index contributed by atoms with van der Waals surface area (Å²) in [5.41, 5.74) is 5.80. The zero-order valence-electron chi connectivity index (χ0n) is 11.3. The Morgan fingerprint density at radius 3 is 2.76 bits per heavy atom. The molecule has 8 heteroatoms. The van der Waals surface area contributed by atoms with Crippen molar-refractivity contribution in [3.8, 4) is 11.8 Å². The van der Waals surface area contributed by atoms with Crippen LogP contribution >= 0.6 is 11.6 Å². The lowest BCUT2D eigenvalue weighted by molar-refractivity contribution is -0.141. The number of ether oxygens (including phenoxy) is 1. The van der Waals surface area contributed by atoms with Gasteiger partial charge < -0.3 is 10.5 Å². The van der Waals surface area contributed by atoms with Crippen molar-refractivity contribution < 1.29 is 17.9 Å². The number of nitrogens with two attached hydrogens (primary N) is 1. The lowest BCUT2D eigenvalue weighted by Gasteiger charge is -2.08. The Kier molecular flexibility index (Phi) is 6.65. The minimum Gasteiger partial charge on any atom is -0.465 e. The van der Waals surface area contributed by atoms with E-state index in [4.69, 9.17) is 17.3 Å². The molecule has 114 valence electrons. The van der Waals surface area contributed by atoms with Gasteiger partial charge >= 0.3 is 5.97 Å². The van der Waals surface area contributed by atoms with Crippen LogP contribution in [0.25, 0.3) is 0 Å². The second kappa shape index (κ2) is 8.00. The van der Waals surface area contributed by atoms with E-state index in [-0.39, 0.29) is 23.1 Å². The van der Waals surface area contributed by atoms with Crippen LogP contribution < -0.4 is 10.5 Å². The fourth-order valence-corrected chi connectivity index (χ4v) is 2.90. The van der Waals surface area contributed by atoms with E-state index < -0.39 is 22.5 Å². The highest BCUT2D eigenvalue weighted by Gasteiger charge is 2.19. The molecule has 0 heterocycles. The van der Waals surface area contributed by atoms with E-state index in [1.165, 1.54) is 18.2 Å². The predicted octanol–water partition coefficient (Wildman–Crippen LogP) is 0.492. The topological polar surface area (TPSA) is 98.5 Å². The summed E-state index contributed by atoms with van der Waals surface area (Å²) in [5.74, 6) is 4.71. The molecule has 0 radical (unpaired) electrons. The average Bonchev–Trinajstić information content (AvgIpc) is 2.43. The maximum atomic E-state index is 12.0. The second-order valence-electron chi connectivity index (χ2n) is 3.78. The normalized spacial score (nSPS) is 10.6. The predicted molar refractivity (Wildman–Crippen MR) is 79.2 cm³/mol. The highest BCUT2D eigenvalue weighted by atomic mass is 35.5. The summed E-state index contributed by atoms with van der Waals surface area (Å²) in [5, 5.41) is 0.00943. The number of hydrogen-bond acceptors (Lipinski definition) is 5. The van der Waals surface area contributed by atoms with Crippen molar-refractivity contribution >= 4 is 27.6 Å². The van der Waals surface area contributed by atoms with Gasteiger partial charge in [-0.15, -0.1) is 0 Å². The van der Waals surface area contributed by atoms with Gasteiger partial charge in [-0.3, -0.25) is 4.79 Å². The molecule has 0 saturated heterocycles. The van der Waals surface area contributed by atoms with Crippen LogP contribution in [0, 0.1) is 11.8 Å². The molecule has 0 aromatic heterocycles. The van der Waals surface area contributed by atoms with Gasteiger partial charge in [0.25, 0.3) is 0 Å². The molecule has 1 rings (SSSR count). The van der Waals surface area contributed by atoms with Gasteiger partial charge in [-0.1, -0.05) is 23.4 Å². The van der Waals surface area contributed by atoms with Crippen LogP contribution in [0.1, 0.15) is 12.5 Å². The van der Waals surface area contributed by atoms with Gasteiger partial charge in [0.2, 0.25) is 10.0 Å². The Hall–Kier alpha value is -1.59. The van der Waals surface area contributed by atoms with Gasteiger partial charge in [0.15, 0.2) is 0 Å². The minimum absolute atomic E-state index is 0.00943. The molecule has 1 aromatic rings. The fraction of sp³-hybridized carbons (Fsp3) is 0.308. The molecule has 0 bridgehead atoms. The first-order chi connectivity index (χ1) is 9.90. The van der Waals surface area contributed by atoms with E-state index in [2.05, 4.69) is 21.3 Å². The SMILES string of the molecule is CCOC(=O)CNS(=O)(=O)c1ccc(C#CCN)cc1Cl. The molecular formula is C13H15ClN2O4S. The first-order valence-corrected chi connectivity index (χ1v) is 7.90. The Balaban J connectivity index is 2.91. The van der Waals surface area contributed by atoms with E-state index in [1.54, 1.807) is 6.92 Å². The Bertz CT molecular complexity index is 677. The van der Waals surface area contributed by atoms with Crippen LogP contribution in [0.4, 0.5) is 0 Å². The Morgan fingerprint density at radius 2 is 2.19 bits per heavy atom. The smallest absolute Gasteiger partial charge is 0.321 e. The molecule has 0 saturated carbocycles. The van der Waals surface area contributed by atoms with Crippen LogP contribution in [0.2, 0.25) is 5.02 Å². The molecule has 0 aliphatic heterocycles. The largest absolute Gasteiger partial charge is 0.465 e. The van der Waals surface area contributed by atoms with Crippen LogP contribution in [-0.4, -0.2) is 34.1 Å². The van der Waals surface area contributed by atoms with E-state index in [0.29, 0.717) is 5.56 Å². The highest BCUT2D eigenvalue weighted by Crippen LogP contribution is 2.22. The summed E-state index contributed by atoms with van der Waals surface area (Å²) < 4.78 is 30.8. The molecule has 3 N–H and O–H groups in total. The molecule has 6 nitrogen and oxygen atoms in total.